The highest BCUT2D eigenvalue weighted by Gasteiger charge is 2.37. The van der Waals surface area contributed by atoms with Gasteiger partial charge in [-0.2, -0.15) is 0 Å². The van der Waals surface area contributed by atoms with Crippen LogP contribution in [0.5, 0.6) is 0 Å². The summed E-state index contributed by atoms with van der Waals surface area (Å²) in [6.45, 7) is 5.64. The van der Waals surface area contributed by atoms with Gasteiger partial charge in [0.15, 0.2) is 0 Å². The van der Waals surface area contributed by atoms with Crippen molar-refractivity contribution in [2.24, 2.45) is 5.92 Å². The van der Waals surface area contributed by atoms with Crippen molar-refractivity contribution in [3.05, 3.63) is 16.6 Å². The fourth-order valence-corrected chi connectivity index (χ4v) is 3.33. The van der Waals surface area contributed by atoms with Gasteiger partial charge in [-0.1, -0.05) is 0 Å². The minimum absolute atomic E-state index is 0.0780. The second-order valence-corrected chi connectivity index (χ2v) is 7.61. The zero-order chi connectivity index (χ0) is 14.8. The Labute approximate surface area is 124 Å². The SMILES string of the molecule is CC(C)(C)OC(=O)[C@H]1CC[C@](O)(Cc2nccs2)CC1. The Morgan fingerprint density at radius 3 is 2.65 bits per heavy atom. The Morgan fingerprint density at radius 1 is 1.50 bits per heavy atom. The quantitative estimate of drug-likeness (QED) is 0.871. The summed E-state index contributed by atoms with van der Waals surface area (Å²) in [6, 6.07) is 0. The fraction of sp³-hybridized carbons (Fsp3) is 0.733. The monoisotopic (exact) mass is 297 g/mol. The lowest BCUT2D eigenvalue weighted by Crippen LogP contribution is -2.39. The number of hydrogen-bond donors (Lipinski definition) is 1. The molecule has 0 spiro atoms. The van der Waals surface area contributed by atoms with Gasteiger partial charge in [-0.3, -0.25) is 4.79 Å². The number of aliphatic hydroxyl groups is 1. The van der Waals surface area contributed by atoms with Crippen LogP contribution in [0.3, 0.4) is 0 Å². The van der Waals surface area contributed by atoms with Crippen LogP contribution in [0.4, 0.5) is 0 Å². The van der Waals surface area contributed by atoms with E-state index in [4.69, 9.17) is 4.74 Å². The minimum atomic E-state index is -0.712. The normalized spacial score (nSPS) is 27.3. The molecule has 0 atom stereocenters. The number of rotatable bonds is 3. The Kier molecular flexibility index (Phi) is 4.49. The zero-order valence-corrected chi connectivity index (χ0v) is 13.2. The molecule has 0 radical (unpaired) electrons. The molecule has 20 heavy (non-hydrogen) atoms. The van der Waals surface area contributed by atoms with Crippen LogP contribution < -0.4 is 0 Å². The number of ether oxygens (including phenoxy) is 1. The van der Waals surface area contributed by atoms with E-state index in [1.807, 2.05) is 26.2 Å². The van der Waals surface area contributed by atoms with Gasteiger partial charge < -0.3 is 9.84 Å². The lowest BCUT2D eigenvalue weighted by Gasteiger charge is -2.35. The number of aromatic nitrogens is 1. The van der Waals surface area contributed by atoms with E-state index in [1.54, 1.807) is 17.5 Å². The first kappa shape index (κ1) is 15.4. The molecule has 0 unspecified atom stereocenters. The molecule has 0 saturated heterocycles. The van der Waals surface area contributed by atoms with Crippen LogP contribution in [-0.4, -0.2) is 27.3 Å². The fourth-order valence-electron chi connectivity index (χ4n) is 2.57. The van der Waals surface area contributed by atoms with E-state index in [0.29, 0.717) is 32.1 Å². The molecule has 0 amide bonds. The summed E-state index contributed by atoms with van der Waals surface area (Å²) in [5, 5.41) is 13.5. The van der Waals surface area contributed by atoms with E-state index < -0.39 is 11.2 Å². The highest BCUT2D eigenvalue weighted by Crippen LogP contribution is 2.35. The first-order chi connectivity index (χ1) is 9.27. The molecule has 1 aromatic heterocycles. The average Bonchev–Trinajstić information content (AvgIpc) is 2.79. The zero-order valence-electron chi connectivity index (χ0n) is 12.4. The highest BCUT2D eigenvalue weighted by atomic mass is 32.1. The third-order valence-corrected chi connectivity index (χ3v) is 4.40. The summed E-state index contributed by atoms with van der Waals surface area (Å²) in [7, 11) is 0. The van der Waals surface area contributed by atoms with Crippen molar-refractivity contribution in [1.82, 2.24) is 4.98 Å². The molecule has 1 heterocycles. The van der Waals surface area contributed by atoms with Crippen LogP contribution in [0.1, 0.15) is 51.5 Å². The molecular formula is C15H23NO3S. The molecule has 0 aliphatic heterocycles. The Balaban J connectivity index is 1.87. The highest BCUT2D eigenvalue weighted by molar-refractivity contribution is 7.09. The van der Waals surface area contributed by atoms with Gasteiger partial charge in [0.1, 0.15) is 5.60 Å². The number of hydrogen-bond acceptors (Lipinski definition) is 5. The van der Waals surface area contributed by atoms with Crippen molar-refractivity contribution in [2.75, 3.05) is 0 Å². The summed E-state index contributed by atoms with van der Waals surface area (Å²) >= 11 is 1.57. The van der Waals surface area contributed by atoms with Crippen LogP contribution in [0.2, 0.25) is 0 Å². The second-order valence-electron chi connectivity index (χ2n) is 6.63. The van der Waals surface area contributed by atoms with Gasteiger partial charge in [0, 0.05) is 18.0 Å². The molecule has 1 aliphatic rings. The smallest absolute Gasteiger partial charge is 0.309 e. The molecule has 4 nitrogen and oxygen atoms in total. The molecule has 1 aliphatic carbocycles. The van der Waals surface area contributed by atoms with Gasteiger partial charge in [-0.25, -0.2) is 4.98 Å². The molecule has 1 saturated carbocycles. The summed E-state index contributed by atoms with van der Waals surface area (Å²) in [4.78, 5) is 16.3. The van der Waals surface area contributed by atoms with Crippen molar-refractivity contribution in [2.45, 2.75) is 64.1 Å². The number of carbonyl (C=O) groups excluding carboxylic acids is 1. The van der Waals surface area contributed by atoms with Crippen molar-refractivity contribution in [3.8, 4) is 0 Å². The van der Waals surface area contributed by atoms with Crippen molar-refractivity contribution in [1.29, 1.82) is 0 Å². The average molecular weight is 297 g/mol. The molecule has 1 N–H and O–H groups in total. The first-order valence-electron chi connectivity index (χ1n) is 7.11. The minimum Gasteiger partial charge on any atom is -0.460 e. The standard InChI is InChI=1S/C15H23NO3S/c1-14(2,3)19-13(17)11-4-6-15(18,7-5-11)10-12-16-8-9-20-12/h8-9,11,18H,4-7,10H2,1-3H3/t11-,15+. The Bertz CT molecular complexity index is 442. The van der Waals surface area contributed by atoms with E-state index in [1.165, 1.54) is 0 Å². The van der Waals surface area contributed by atoms with E-state index in [0.717, 1.165) is 5.01 Å². The molecule has 0 bridgehead atoms. The predicted molar refractivity (Wildman–Crippen MR) is 78.6 cm³/mol. The summed E-state index contributed by atoms with van der Waals surface area (Å²) in [6.07, 6.45) is 5.00. The topological polar surface area (TPSA) is 59.4 Å². The lowest BCUT2D eigenvalue weighted by atomic mass is 9.77. The predicted octanol–water partition coefficient (Wildman–Crippen LogP) is 2.95. The third-order valence-electron chi connectivity index (χ3n) is 3.62. The number of thiazole rings is 1. The largest absolute Gasteiger partial charge is 0.460 e. The second kappa shape index (κ2) is 5.82. The van der Waals surface area contributed by atoms with Crippen LogP contribution in [-0.2, 0) is 16.0 Å². The molecule has 0 aromatic carbocycles. The van der Waals surface area contributed by atoms with Crippen molar-refractivity contribution in [3.63, 3.8) is 0 Å². The van der Waals surface area contributed by atoms with E-state index in [2.05, 4.69) is 4.98 Å². The van der Waals surface area contributed by atoms with E-state index >= 15 is 0 Å². The van der Waals surface area contributed by atoms with E-state index in [-0.39, 0.29) is 11.9 Å². The van der Waals surface area contributed by atoms with Crippen LogP contribution >= 0.6 is 11.3 Å². The van der Waals surface area contributed by atoms with Gasteiger partial charge in [-0.05, 0) is 46.5 Å². The molecule has 1 fully saturated rings. The van der Waals surface area contributed by atoms with Crippen LogP contribution in [0.25, 0.3) is 0 Å². The van der Waals surface area contributed by atoms with Gasteiger partial charge in [0.25, 0.3) is 0 Å². The van der Waals surface area contributed by atoms with Gasteiger partial charge in [0.2, 0.25) is 0 Å². The van der Waals surface area contributed by atoms with Crippen molar-refractivity contribution >= 4 is 17.3 Å². The lowest BCUT2D eigenvalue weighted by molar-refractivity contribution is -0.162. The van der Waals surface area contributed by atoms with Gasteiger partial charge in [0.05, 0.1) is 16.5 Å². The van der Waals surface area contributed by atoms with Gasteiger partial charge in [-0.15, -0.1) is 11.3 Å². The maximum atomic E-state index is 12.0. The molecule has 112 valence electrons. The molecule has 5 heteroatoms. The Hall–Kier alpha value is -0.940. The number of esters is 1. The third kappa shape index (κ3) is 4.28. The van der Waals surface area contributed by atoms with Crippen LogP contribution in [0.15, 0.2) is 11.6 Å². The number of carbonyl (C=O) groups is 1. The van der Waals surface area contributed by atoms with Crippen LogP contribution in [0, 0.1) is 5.92 Å². The Morgan fingerprint density at radius 2 is 2.15 bits per heavy atom. The molecular weight excluding hydrogens is 274 g/mol. The summed E-state index contributed by atoms with van der Waals surface area (Å²) < 4.78 is 5.42. The maximum Gasteiger partial charge on any atom is 0.309 e. The summed E-state index contributed by atoms with van der Waals surface area (Å²) in [5.74, 6) is -0.209. The van der Waals surface area contributed by atoms with Gasteiger partial charge >= 0.3 is 5.97 Å². The maximum absolute atomic E-state index is 12.0. The molecule has 1 aromatic rings. The number of nitrogens with zero attached hydrogens (tertiary/aromatic N) is 1. The van der Waals surface area contributed by atoms with E-state index in [9.17, 15) is 9.90 Å². The van der Waals surface area contributed by atoms with Crippen molar-refractivity contribution < 1.29 is 14.6 Å². The molecule has 2 rings (SSSR count). The first-order valence-corrected chi connectivity index (χ1v) is 7.99. The summed E-state index contributed by atoms with van der Waals surface area (Å²) in [5.41, 5.74) is -1.15.